The van der Waals surface area contributed by atoms with Crippen LogP contribution in [0.4, 0.5) is 0 Å². The maximum absolute atomic E-state index is 11.2. The highest BCUT2D eigenvalue weighted by Crippen LogP contribution is 2.27. The fourth-order valence-corrected chi connectivity index (χ4v) is 3.60. The summed E-state index contributed by atoms with van der Waals surface area (Å²) in [5.41, 5.74) is 1.15. The van der Waals surface area contributed by atoms with Crippen molar-refractivity contribution in [3.63, 3.8) is 0 Å². The highest BCUT2D eigenvalue weighted by Gasteiger charge is 2.15. The quantitative estimate of drug-likeness (QED) is 0.639. The van der Waals surface area contributed by atoms with E-state index in [2.05, 4.69) is 34.8 Å². The van der Waals surface area contributed by atoms with Crippen molar-refractivity contribution in [2.75, 3.05) is 18.6 Å². The molecule has 1 atom stereocenters. The van der Waals surface area contributed by atoms with Crippen LogP contribution in [0.5, 0.6) is 0 Å². The molecule has 1 aromatic rings. The van der Waals surface area contributed by atoms with E-state index >= 15 is 0 Å². The van der Waals surface area contributed by atoms with Gasteiger partial charge >= 0.3 is 0 Å². The molecule has 0 spiro atoms. The van der Waals surface area contributed by atoms with E-state index in [1.165, 1.54) is 6.26 Å². The molecule has 0 aliphatic rings. The number of rotatable bonds is 8. The molecule has 20 heavy (non-hydrogen) atoms. The number of hydrogen-bond donors (Lipinski definition) is 1. The minimum Gasteiger partial charge on any atom is -0.310 e. The molecule has 0 amide bonds. The Labute approximate surface area is 140 Å². The van der Waals surface area contributed by atoms with Crippen LogP contribution in [0.3, 0.4) is 0 Å². The fraction of sp³-hybridized carbons (Fsp3) is 0.571. The molecule has 0 fully saturated rings. The Hall–Kier alpha value is 0.150. The molecular weight excluding hydrogens is 409 g/mol. The zero-order valence-electron chi connectivity index (χ0n) is 11.8. The minimum absolute atomic E-state index is 0.155. The van der Waals surface area contributed by atoms with Gasteiger partial charge in [-0.2, -0.15) is 0 Å². The van der Waals surface area contributed by atoms with E-state index in [-0.39, 0.29) is 11.8 Å². The molecule has 0 aliphatic heterocycles. The zero-order chi connectivity index (χ0) is 15.2. The number of nitrogens with one attached hydrogen (secondary N) is 1. The van der Waals surface area contributed by atoms with Crippen LogP contribution in [0.25, 0.3) is 0 Å². The maximum Gasteiger partial charge on any atom is 0.147 e. The number of halogens is 2. The van der Waals surface area contributed by atoms with E-state index in [0.29, 0.717) is 11.4 Å². The standard InChI is InChI=1S/C14H21ClINO2S/c1-3-8-17-14(5-4-9-20(2,18)19)12-10-11(15)6-7-13(12)16/h6-7,10,14,17H,3-5,8-9H2,1-2H3. The van der Waals surface area contributed by atoms with Crippen LogP contribution in [0.1, 0.15) is 37.8 Å². The van der Waals surface area contributed by atoms with Crippen molar-refractivity contribution in [3.05, 3.63) is 32.4 Å². The lowest BCUT2D eigenvalue weighted by atomic mass is 10.0. The summed E-state index contributed by atoms with van der Waals surface area (Å²) in [7, 11) is -2.90. The summed E-state index contributed by atoms with van der Waals surface area (Å²) in [6, 6.07) is 5.99. The average molecular weight is 430 g/mol. The third-order valence-electron chi connectivity index (χ3n) is 2.98. The second-order valence-electron chi connectivity index (χ2n) is 4.94. The van der Waals surface area contributed by atoms with Crippen molar-refractivity contribution in [1.29, 1.82) is 0 Å². The molecule has 0 aliphatic carbocycles. The molecule has 114 valence electrons. The molecule has 1 unspecified atom stereocenters. The Morgan fingerprint density at radius 2 is 2.10 bits per heavy atom. The zero-order valence-corrected chi connectivity index (χ0v) is 15.6. The van der Waals surface area contributed by atoms with E-state index in [4.69, 9.17) is 11.6 Å². The Morgan fingerprint density at radius 1 is 1.40 bits per heavy atom. The van der Waals surface area contributed by atoms with Gasteiger partial charge in [-0.15, -0.1) is 0 Å². The molecule has 0 saturated carbocycles. The van der Waals surface area contributed by atoms with Gasteiger partial charge in [0, 0.05) is 26.6 Å². The second kappa shape index (κ2) is 8.56. The maximum atomic E-state index is 11.2. The van der Waals surface area contributed by atoms with Crippen LogP contribution in [0, 0.1) is 3.57 Å². The summed E-state index contributed by atoms with van der Waals surface area (Å²) < 4.78 is 23.6. The normalized spacial score (nSPS) is 13.4. The Morgan fingerprint density at radius 3 is 2.70 bits per heavy atom. The van der Waals surface area contributed by atoms with Crippen LogP contribution in [-0.4, -0.2) is 27.0 Å². The van der Waals surface area contributed by atoms with Gasteiger partial charge < -0.3 is 5.32 Å². The lowest BCUT2D eigenvalue weighted by Gasteiger charge is -2.20. The predicted octanol–water partition coefficient (Wildman–Crippen LogP) is 3.81. The highest BCUT2D eigenvalue weighted by molar-refractivity contribution is 14.1. The molecule has 0 bridgehead atoms. The summed E-state index contributed by atoms with van der Waals surface area (Å²) in [6.45, 7) is 3.02. The molecular formula is C14H21ClINO2S. The minimum atomic E-state index is -2.90. The highest BCUT2D eigenvalue weighted by atomic mass is 127. The summed E-state index contributed by atoms with van der Waals surface area (Å²) >= 11 is 8.37. The molecule has 3 nitrogen and oxygen atoms in total. The van der Waals surface area contributed by atoms with Crippen molar-refractivity contribution in [3.8, 4) is 0 Å². The average Bonchev–Trinajstić information content (AvgIpc) is 2.35. The van der Waals surface area contributed by atoms with Gasteiger partial charge in [-0.05, 0) is 72.2 Å². The number of sulfone groups is 1. The van der Waals surface area contributed by atoms with Gasteiger partial charge in [0.2, 0.25) is 0 Å². The lowest BCUT2D eigenvalue weighted by molar-refractivity contribution is 0.491. The first-order valence-corrected chi connectivity index (χ1v) is 10.2. The van der Waals surface area contributed by atoms with Gasteiger partial charge in [-0.3, -0.25) is 0 Å². The smallest absolute Gasteiger partial charge is 0.147 e. The molecule has 0 radical (unpaired) electrons. The Bertz CT molecular complexity index is 534. The third kappa shape index (κ3) is 6.74. The SMILES string of the molecule is CCCNC(CCCS(C)(=O)=O)c1cc(Cl)ccc1I. The van der Waals surface area contributed by atoms with Crippen molar-refractivity contribution >= 4 is 44.0 Å². The van der Waals surface area contributed by atoms with Crippen LogP contribution < -0.4 is 5.32 Å². The van der Waals surface area contributed by atoms with Crippen LogP contribution in [0.2, 0.25) is 5.02 Å². The molecule has 0 saturated heterocycles. The first-order valence-electron chi connectivity index (χ1n) is 6.69. The first kappa shape index (κ1) is 18.2. The monoisotopic (exact) mass is 429 g/mol. The van der Waals surface area contributed by atoms with Gasteiger partial charge in [-0.25, -0.2) is 8.42 Å². The molecule has 0 heterocycles. The van der Waals surface area contributed by atoms with Crippen molar-refractivity contribution < 1.29 is 8.42 Å². The van der Waals surface area contributed by atoms with Crippen molar-refractivity contribution in [1.82, 2.24) is 5.32 Å². The Balaban J connectivity index is 2.80. The van der Waals surface area contributed by atoms with Crippen LogP contribution in [0.15, 0.2) is 18.2 Å². The Kier molecular flexibility index (Phi) is 7.79. The first-order chi connectivity index (χ1) is 9.33. The lowest BCUT2D eigenvalue weighted by Crippen LogP contribution is -2.23. The van der Waals surface area contributed by atoms with E-state index < -0.39 is 9.84 Å². The van der Waals surface area contributed by atoms with E-state index in [1.807, 2.05) is 18.2 Å². The molecule has 1 N–H and O–H groups in total. The van der Waals surface area contributed by atoms with Gasteiger partial charge in [0.1, 0.15) is 9.84 Å². The van der Waals surface area contributed by atoms with E-state index in [1.54, 1.807) is 0 Å². The van der Waals surface area contributed by atoms with Gasteiger partial charge in [0.15, 0.2) is 0 Å². The molecule has 1 rings (SSSR count). The third-order valence-corrected chi connectivity index (χ3v) is 5.23. The van der Waals surface area contributed by atoms with Gasteiger partial charge in [0.25, 0.3) is 0 Å². The van der Waals surface area contributed by atoms with Crippen molar-refractivity contribution in [2.45, 2.75) is 32.2 Å². The summed E-state index contributed by atoms with van der Waals surface area (Å²) in [5.74, 6) is 0.231. The summed E-state index contributed by atoms with van der Waals surface area (Å²) in [5, 5.41) is 4.20. The predicted molar refractivity (Wildman–Crippen MR) is 94.1 cm³/mol. The summed E-state index contributed by atoms with van der Waals surface area (Å²) in [6.07, 6.45) is 3.77. The van der Waals surface area contributed by atoms with E-state index in [0.717, 1.165) is 28.5 Å². The van der Waals surface area contributed by atoms with E-state index in [9.17, 15) is 8.42 Å². The molecule has 6 heteroatoms. The van der Waals surface area contributed by atoms with Crippen molar-refractivity contribution in [2.24, 2.45) is 0 Å². The summed E-state index contributed by atoms with van der Waals surface area (Å²) in [4.78, 5) is 0. The van der Waals surface area contributed by atoms with Gasteiger partial charge in [0.05, 0.1) is 0 Å². The topological polar surface area (TPSA) is 46.2 Å². The largest absolute Gasteiger partial charge is 0.310 e. The molecule has 0 aromatic heterocycles. The molecule has 1 aromatic carbocycles. The van der Waals surface area contributed by atoms with Crippen LogP contribution >= 0.6 is 34.2 Å². The van der Waals surface area contributed by atoms with Gasteiger partial charge in [-0.1, -0.05) is 18.5 Å². The fourth-order valence-electron chi connectivity index (χ4n) is 2.02. The number of hydrogen-bond acceptors (Lipinski definition) is 3. The second-order valence-corrected chi connectivity index (χ2v) is 8.80. The number of benzene rings is 1. The van der Waals surface area contributed by atoms with Crippen LogP contribution in [-0.2, 0) is 9.84 Å².